The number of para-hydroxylation sites is 1. The second-order valence-corrected chi connectivity index (χ2v) is 3.78. The third kappa shape index (κ3) is 1.37. The van der Waals surface area contributed by atoms with E-state index in [4.69, 9.17) is 11.6 Å². The number of aromatic nitrogens is 3. The van der Waals surface area contributed by atoms with Gasteiger partial charge in [-0.25, -0.2) is 9.67 Å². The molecule has 2 heterocycles. The Labute approximate surface area is 97.3 Å². The molecule has 0 bridgehead atoms. The third-order valence-electron chi connectivity index (χ3n) is 2.45. The van der Waals surface area contributed by atoms with Crippen molar-refractivity contribution in [3.05, 3.63) is 53.9 Å². The summed E-state index contributed by atoms with van der Waals surface area (Å²) in [6.07, 6.45) is 3.42. The molecule has 4 heteroatoms. The Balaban J connectivity index is 2.30. The van der Waals surface area contributed by atoms with Crippen LogP contribution in [-0.2, 0) is 0 Å². The topological polar surface area (TPSA) is 30.7 Å². The summed E-state index contributed by atoms with van der Waals surface area (Å²) in [5, 5.41) is 5.67. The highest BCUT2D eigenvalue weighted by Gasteiger charge is 2.07. The lowest BCUT2D eigenvalue weighted by Gasteiger charge is -2.02. The monoisotopic (exact) mass is 229 g/mol. The molecular weight excluding hydrogens is 222 g/mol. The number of rotatable bonds is 1. The molecule has 0 aliphatic rings. The highest BCUT2D eigenvalue weighted by Crippen LogP contribution is 2.22. The average molecular weight is 230 g/mol. The normalized spacial score (nSPS) is 10.8. The zero-order valence-electron chi connectivity index (χ0n) is 8.34. The van der Waals surface area contributed by atoms with Crippen molar-refractivity contribution in [2.75, 3.05) is 0 Å². The molecule has 0 atom stereocenters. The molecule has 0 radical (unpaired) electrons. The van der Waals surface area contributed by atoms with Crippen molar-refractivity contribution in [1.29, 1.82) is 0 Å². The molecule has 0 spiro atoms. The molecule has 2 aromatic heterocycles. The first-order chi connectivity index (χ1) is 7.86. The summed E-state index contributed by atoms with van der Waals surface area (Å²) in [6, 6.07) is 11.8. The lowest BCUT2D eigenvalue weighted by atomic mass is 10.3. The van der Waals surface area contributed by atoms with Gasteiger partial charge in [-0.15, -0.1) is 0 Å². The molecule has 0 saturated carbocycles. The predicted molar refractivity (Wildman–Crippen MR) is 63.9 cm³/mol. The molecule has 0 saturated heterocycles. The SMILES string of the molecule is Clc1nccc2c1cnn2-c1ccccc1. The second kappa shape index (κ2) is 3.61. The van der Waals surface area contributed by atoms with Gasteiger partial charge in [0.15, 0.2) is 0 Å². The lowest BCUT2D eigenvalue weighted by Crippen LogP contribution is -1.94. The van der Waals surface area contributed by atoms with E-state index >= 15 is 0 Å². The summed E-state index contributed by atoms with van der Waals surface area (Å²) >= 11 is 5.99. The minimum Gasteiger partial charge on any atom is -0.244 e. The van der Waals surface area contributed by atoms with E-state index in [1.165, 1.54) is 0 Å². The molecule has 0 unspecified atom stereocenters. The molecule has 3 aromatic rings. The summed E-state index contributed by atoms with van der Waals surface area (Å²) in [5.41, 5.74) is 1.98. The summed E-state index contributed by atoms with van der Waals surface area (Å²) in [4.78, 5) is 4.03. The Morgan fingerprint density at radius 1 is 1.06 bits per heavy atom. The molecule has 78 valence electrons. The van der Waals surface area contributed by atoms with Gasteiger partial charge in [-0.05, 0) is 18.2 Å². The van der Waals surface area contributed by atoms with Crippen molar-refractivity contribution in [2.24, 2.45) is 0 Å². The van der Waals surface area contributed by atoms with Crippen molar-refractivity contribution in [3.63, 3.8) is 0 Å². The van der Waals surface area contributed by atoms with E-state index < -0.39 is 0 Å². The highest BCUT2D eigenvalue weighted by atomic mass is 35.5. The van der Waals surface area contributed by atoms with E-state index in [1.807, 2.05) is 41.1 Å². The van der Waals surface area contributed by atoms with Crippen molar-refractivity contribution in [3.8, 4) is 5.69 Å². The van der Waals surface area contributed by atoms with Gasteiger partial charge in [0, 0.05) is 6.20 Å². The number of halogens is 1. The van der Waals surface area contributed by atoms with Crippen LogP contribution in [0, 0.1) is 0 Å². The number of benzene rings is 1. The van der Waals surface area contributed by atoms with Crippen LogP contribution < -0.4 is 0 Å². The van der Waals surface area contributed by atoms with Crippen LogP contribution in [0.2, 0.25) is 5.15 Å². The molecule has 0 aliphatic carbocycles. The molecular formula is C12H8ClN3. The van der Waals surface area contributed by atoms with Crippen LogP contribution in [0.1, 0.15) is 0 Å². The van der Waals surface area contributed by atoms with E-state index in [0.29, 0.717) is 5.15 Å². The van der Waals surface area contributed by atoms with Gasteiger partial charge in [0.1, 0.15) is 5.15 Å². The minimum absolute atomic E-state index is 0.486. The Bertz CT molecular complexity index is 631. The summed E-state index contributed by atoms with van der Waals surface area (Å²) < 4.78 is 1.85. The molecule has 0 aliphatic heterocycles. The molecule has 0 amide bonds. The van der Waals surface area contributed by atoms with Gasteiger partial charge in [0.05, 0.1) is 22.8 Å². The smallest absolute Gasteiger partial charge is 0.140 e. The maximum Gasteiger partial charge on any atom is 0.140 e. The van der Waals surface area contributed by atoms with Crippen molar-refractivity contribution < 1.29 is 0 Å². The largest absolute Gasteiger partial charge is 0.244 e. The van der Waals surface area contributed by atoms with Gasteiger partial charge in [-0.1, -0.05) is 29.8 Å². The van der Waals surface area contributed by atoms with E-state index in [-0.39, 0.29) is 0 Å². The zero-order valence-corrected chi connectivity index (χ0v) is 9.09. The summed E-state index contributed by atoms with van der Waals surface area (Å²) in [7, 11) is 0. The quantitative estimate of drug-likeness (QED) is 0.601. The van der Waals surface area contributed by atoms with Crippen LogP contribution in [0.4, 0.5) is 0 Å². The van der Waals surface area contributed by atoms with E-state index in [0.717, 1.165) is 16.6 Å². The van der Waals surface area contributed by atoms with Crippen LogP contribution in [0.15, 0.2) is 48.8 Å². The maximum atomic E-state index is 5.99. The number of pyridine rings is 1. The lowest BCUT2D eigenvalue weighted by molar-refractivity contribution is 0.910. The van der Waals surface area contributed by atoms with Crippen LogP contribution in [0.5, 0.6) is 0 Å². The molecule has 1 aromatic carbocycles. The first-order valence-corrected chi connectivity index (χ1v) is 5.28. The first kappa shape index (κ1) is 9.36. The van der Waals surface area contributed by atoms with Crippen LogP contribution in [0.3, 0.4) is 0 Å². The van der Waals surface area contributed by atoms with Gasteiger partial charge in [-0.2, -0.15) is 5.10 Å². The Kier molecular flexibility index (Phi) is 2.11. The van der Waals surface area contributed by atoms with E-state index in [9.17, 15) is 0 Å². The minimum atomic E-state index is 0.486. The van der Waals surface area contributed by atoms with Crippen molar-refractivity contribution >= 4 is 22.5 Å². The standard InChI is InChI=1S/C12H8ClN3/c13-12-10-8-15-16(11(10)6-7-14-12)9-4-2-1-3-5-9/h1-8H. The predicted octanol–water partition coefficient (Wildman–Crippen LogP) is 3.07. The van der Waals surface area contributed by atoms with Crippen LogP contribution >= 0.6 is 11.6 Å². The van der Waals surface area contributed by atoms with Crippen LogP contribution in [-0.4, -0.2) is 14.8 Å². The Hall–Kier alpha value is -1.87. The van der Waals surface area contributed by atoms with Gasteiger partial charge < -0.3 is 0 Å². The molecule has 16 heavy (non-hydrogen) atoms. The summed E-state index contributed by atoms with van der Waals surface area (Å²) in [6.45, 7) is 0. The Morgan fingerprint density at radius 2 is 1.88 bits per heavy atom. The molecule has 0 fully saturated rings. The van der Waals surface area contributed by atoms with Gasteiger partial charge in [0.2, 0.25) is 0 Å². The van der Waals surface area contributed by atoms with Crippen molar-refractivity contribution in [2.45, 2.75) is 0 Å². The number of hydrogen-bond donors (Lipinski definition) is 0. The Morgan fingerprint density at radius 3 is 2.69 bits per heavy atom. The maximum absolute atomic E-state index is 5.99. The second-order valence-electron chi connectivity index (χ2n) is 3.43. The third-order valence-corrected chi connectivity index (χ3v) is 2.75. The highest BCUT2D eigenvalue weighted by molar-refractivity contribution is 6.34. The van der Waals surface area contributed by atoms with Gasteiger partial charge in [-0.3, -0.25) is 0 Å². The van der Waals surface area contributed by atoms with E-state index in [1.54, 1.807) is 12.4 Å². The van der Waals surface area contributed by atoms with E-state index in [2.05, 4.69) is 10.1 Å². The fourth-order valence-electron chi connectivity index (χ4n) is 1.70. The molecule has 3 rings (SSSR count). The molecule has 3 nitrogen and oxygen atoms in total. The van der Waals surface area contributed by atoms with Crippen molar-refractivity contribution in [1.82, 2.24) is 14.8 Å². The number of nitrogens with zero attached hydrogens (tertiary/aromatic N) is 3. The average Bonchev–Trinajstić information content (AvgIpc) is 2.75. The number of hydrogen-bond acceptors (Lipinski definition) is 2. The fourth-order valence-corrected chi connectivity index (χ4v) is 1.90. The molecule has 0 N–H and O–H groups in total. The van der Waals surface area contributed by atoms with Gasteiger partial charge in [0.25, 0.3) is 0 Å². The fraction of sp³-hybridized carbons (Fsp3) is 0. The zero-order chi connectivity index (χ0) is 11.0. The van der Waals surface area contributed by atoms with Crippen LogP contribution in [0.25, 0.3) is 16.6 Å². The number of fused-ring (bicyclic) bond motifs is 1. The first-order valence-electron chi connectivity index (χ1n) is 4.90. The van der Waals surface area contributed by atoms with Gasteiger partial charge >= 0.3 is 0 Å². The summed E-state index contributed by atoms with van der Waals surface area (Å²) in [5.74, 6) is 0.